The molecule has 0 spiro atoms. The van der Waals surface area contributed by atoms with E-state index in [9.17, 15) is 14.4 Å². The van der Waals surface area contributed by atoms with Gasteiger partial charge in [-0.05, 0) is 52.9 Å². The number of hydrogen-bond donors (Lipinski definition) is 3. The maximum atomic E-state index is 12.1. The molecule has 0 bridgehead atoms. The molecule has 0 aliphatic carbocycles. The highest BCUT2D eigenvalue weighted by atomic mass is 127. The number of rotatable bonds is 5. The number of hydrogen-bond acceptors (Lipinski definition) is 3. The predicted octanol–water partition coefficient (Wildman–Crippen LogP) is 2.02. The summed E-state index contributed by atoms with van der Waals surface area (Å²) in [4.78, 5) is 35.6. The van der Waals surface area contributed by atoms with Gasteiger partial charge in [0.05, 0.1) is 12.1 Å². The number of anilines is 1. The van der Waals surface area contributed by atoms with Crippen molar-refractivity contribution in [1.29, 1.82) is 0 Å². The van der Waals surface area contributed by atoms with Crippen LogP contribution in [-0.4, -0.2) is 31.3 Å². The van der Waals surface area contributed by atoms with Crippen LogP contribution in [0.25, 0.3) is 0 Å². The van der Waals surface area contributed by atoms with E-state index < -0.39 is 0 Å². The fourth-order valence-electron chi connectivity index (χ4n) is 1.99. The summed E-state index contributed by atoms with van der Waals surface area (Å²) in [6.07, 6.45) is 0. The summed E-state index contributed by atoms with van der Waals surface area (Å²) in [5.74, 6) is -0.921. The molecule has 7 heteroatoms. The van der Waals surface area contributed by atoms with Crippen molar-refractivity contribution >= 4 is 46.0 Å². The summed E-state index contributed by atoms with van der Waals surface area (Å²) >= 11 is 2.07. The first-order chi connectivity index (χ1) is 11.5. The summed E-state index contributed by atoms with van der Waals surface area (Å²) in [5.41, 5.74) is 1.45. The Bertz CT molecular complexity index is 777. The van der Waals surface area contributed by atoms with Gasteiger partial charge >= 0.3 is 0 Å². The van der Waals surface area contributed by atoms with Crippen LogP contribution in [0, 0.1) is 3.57 Å². The zero-order valence-electron chi connectivity index (χ0n) is 12.9. The van der Waals surface area contributed by atoms with Gasteiger partial charge in [-0.25, -0.2) is 0 Å². The van der Waals surface area contributed by atoms with E-state index in [-0.39, 0.29) is 24.3 Å². The minimum Gasteiger partial charge on any atom is -0.355 e. The highest BCUT2D eigenvalue weighted by Gasteiger charge is 2.11. The van der Waals surface area contributed by atoms with Crippen LogP contribution in [0.3, 0.4) is 0 Å². The summed E-state index contributed by atoms with van der Waals surface area (Å²) < 4.78 is 0.811. The van der Waals surface area contributed by atoms with Gasteiger partial charge in [0.2, 0.25) is 5.91 Å². The van der Waals surface area contributed by atoms with Crippen molar-refractivity contribution < 1.29 is 14.4 Å². The molecule has 0 aliphatic rings. The van der Waals surface area contributed by atoms with E-state index in [0.29, 0.717) is 16.8 Å². The van der Waals surface area contributed by atoms with Gasteiger partial charge in [0.1, 0.15) is 0 Å². The topological polar surface area (TPSA) is 87.3 Å². The van der Waals surface area contributed by atoms with Crippen molar-refractivity contribution in [3.8, 4) is 0 Å². The van der Waals surface area contributed by atoms with E-state index in [1.165, 1.54) is 7.05 Å². The van der Waals surface area contributed by atoms with Crippen molar-refractivity contribution in [3.05, 3.63) is 63.2 Å². The molecule has 0 aliphatic heterocycles. The second kappa shape index (κ2) is 8.44. The molecule has 0 unspecified atom stereocenters. The number of carbonyl (C=O) groups is 3. The van der Waals surface area contributed by atoms with Crippen molar-refractivity contribution in [2.45, 2.75) is 0 Å². The fourth-order valence-corrected chi connectivity index (χ4v) is 2.62. The van der Waals surface area contributed by atoms with E-state index in [0.717, 1.165) is 3.57 Å². The number of halogens is 1. The molecule has 2 aromatic rings. The maximum absolute atomic E-state index is 12.1. The molecule has 0 heterocycles. The molecule has 3 amide bonds. The lowest BCUT2D eigenvalue weighted by atomic mass is 10.2. The van der Waals surface area contributed by atoms with Crippen LogP contribution in [0.4, 0.5) is 5.69 Å². The normalized spacial score (nSPS) is 9.92. The van der Waals surface area contributed by atoms with Crippen LogP contribution in [0.15, 0.2) is 48.5 Å². The Morgan fingerprint density at radius 2 is 1.75 bits per heavy atom. The minimum atomic E-state index is -0.372. The lowest BCUT2D eigenvalue weighted by molar-refractivity contribution is -0.115. The van der Waals surface area contributed by atoms with Crippen LogP contribution in [0.2, 0.25) is 0 Å². The molecule has 0 radical (unpaired) electrons. The van der Waals surface area contributed by atoms with Crippen LogP contribution in [-0.2, 0) is 4.79 Å². The molecule has 0 fully saturated rings. The first-order valence-corrected chi connectivity index (χ1v) is 8.24. The Labute approximate surface area is 153 Å². The molecule has 3 N–H and O–H groups in total. The van der Waals surface area contributed by atoms with Gasteiger partial charge < -0.3 is 16.0 Å². The molecule has 2 rings (SSSR count). The lowest BCUT2D eigenvalue weighted by Crippen LogP contribution is -2.33. The molecular formula is C17H16IN3O3. The van der Waals surface area contributed by atoms with Crippen molar-refractivity contribution in [2.24, 2.45) is 0 Å². The van der Waals surface area contributed by atoms with Crippen LogP contribution < -0.4 is 16.0 Å². The van der Waals surface area contributed by atoms with Gasteiger partial charge in [-0.1, -0.05) is 18.2 Å². The minimum absolute atomic E-state index is 0.159. The standard InChI is InChI=1S/C17H16IN3O3/c1-19-16(23)11-5-4-6-12(9-11)21-15(22)10-20-17(24)13-7-2-3-8-14(13)18/h2-9H,10H2,1H3,(H,19,23)(H,20,24)(H,21,22). The number of amides is 3. The van der Waals surface area contributed by atoms with Gasteiger partial charge in [0.25, 0.3) is 11.8 Å². The van der Waals surface area contributed by atoms with E-state index in [1.54, 1.807) is 36.4 Å². The summed E-state index contributed by atoms with van der Waals surface area (Å²) in [6.45, 7) is -0.159. The number of carbonyl (C=O) groups excluding carboxylic acids is 3. The third-order valence-electron chi connectivity index (χ3n) is 3.16. The predicted molar refractivity (Wildman–Crippen MR) is 100.0 cm³/mol. The first kappa shape index (κ1) is 17.9. The quantitative estimate of drug-likeness (QED) is 0.626. The SMILES string of the molecule is CNC(=O)c1cccc(NC(=O)CNC(=O)c2ccccc2I)c1. The van der Waals surface area contributed by atoms with Crippen LogP contribution in [0.1, 0.15) is 20.7 Å². The molecule has 6 nitrogen and oxygen atoms in total. The smallest absolute Gasteiger partial charge is 0.252 e. The Kier molecular flexibility index (Phi) is 6.30. The van der Waals surface area contributed by atoms with Gasteiger partial charge in [-0.2, -0.15) is 0 Å². The van der Waals surface area contributed by atoms with E-state index in [2.05, 4.69) is 38.5 Å². The van der Waals surface area contributed by atoms with Gasteiger partial charge in [0.15, 0.2) is 0 Å². The Hall–Kier alpha value is -2.42. The summed E-state index contributed by atoms with van der Waals surface area (Å²) in [5, 5.41) is 7.74. The molecule has 0 saturated heterocycles. The molecular weight excluding hydrogens is 421 g/mol. The Morgan fingerprint density at radius 1 is 1.00 bits per heavy atom. The van der Waals surface area contributed by atoms with E-state index in [1.807, 2.05) is 12.1 Å². The van der Waals surface area contributed by atoms with Crippen molar-refractivity contribution in [3.63, 3.8) is 0 Å². The van der Waals surface area contributed by atoms with Crippen molar-refractivity contribution in [2.75, 3.05) is 18.9 Å². The van der Waals surface area contributed by atoms with E-state index in [4.69, 9.17) is 0 Å². The lowest BCUT2D eigenvalue weighted by Gasteiger charge is -2.09. The second-order valence-corrected chi connectivity index (χ2v) is 6.03. The second-order valence-electron chi connectivity index (χ2n) is 4.87. The van der Waals surface area contributed by atoms with Crippen LogP contribution in [0.5, 0.6) is 0 Å². The number of benzene rings is 2. The molecule has 0 atom stereocenters. The monoisotopic (exact) mass is 437 g/mol. The van der Waals surface area contributed by atoms with E-state index >= 15 is 0 Å². The molecule has 2 aromatic carbocycles. The largest absolute Gasteiger partial charge is 0.355 e. The first-order valence-electron chi connectivity index (χ1n) is 7.16. The summed E-state index contributed by atoms with van der Waals surface area (Å²) in [6, 6.07) is 13.7. The third-order valence-corrected chi connectivity index (χ3v) is 4.10. The fraction of sp³-hybridized carbons (Fsp3) is 0.118. The maximum Gasteiger partial charge on any atom is 0.252 e. The highest BCUT2D eigenvalue weighted by molar-refractivity contribution is 14.1. The zero-order chi connectivity index (χ0) is 17.5. The molecule has 0 aromatic heterocycles. The summed E-state index contributed by atoms with van der Waals surface area (Å²) in [7, 11) is 1.54. The van der Waals surface area contributed by atoms with Crippen LogP contribution >= 0.6 is 22.6 Å². The average Bonchev–Trinajstić information content (AvgIpc) is 2.59. The Balaban J connectivity index is 1.93. The third kappa shape index (κ3) is 4.79. The zero-order valence-corrected chi connectivity index (χ0v) is 15.1. The Morgan fingerprint density at radius 3 is 2.46 bits per heavy atom. The van der Waals surface area contributed by atoms with Crippen molar-refractivity contribution in [1.82, 2.24) is 10.6 Å². The number of nitrogens with one attached hydrogen (secondary N) is 3. The molecule has 124 valence electrons. The van der Waals surface area contributed by atoms with Gasteiger partial charge in [-0.3, -0.25) is 14.4 Å². The highest BCUT2D eigenvalue weighted by Crippen LogP contribution is 2.12. The average molecular weight is 437 g/mol. The van der Waals surface area contributed by atoms with Gasteiger partial charge in [-0.15, -0.1) is 0 Å². The molecule has 24 heavy (non-hydrogen) atoms. The molecule has 0 saturated carbocycles. The van der Waals surface area contributed by atoms with Gasteiger partial charge in [0, 0.05) is 21.9 Å².